The first-order valence-corrected chi connectivity index (χ1v) is 10.7. The number of hydrogen-bond donors (Lipinski definition) is 2. The Morgan fingerprint density at radius 1 is 1.33 bits per heavy atom. The highest BCUT2D eigenvalue weighted by molar-refractivity contribution is 14.0. The molecule has 2 N–H and O–H groups in total. The van der Waals surface area contributed by atoms with E-state index in [1.165, 1.54) is 12.1 Å². The Balaban J connectivity index is 0.00000364. The van der Waals surface area contributed by atoms with Crippen LogP contribution in [0, 0.1) is 5.82 Å². The van der Waals surface area contributed by atoms with Gasteiger partial charge in [-0.05, 0) is 49.9 Å². The van der Waals surface area contributed by atoms with Crippen LogP contribution in [0.25, 0.3) is 0 Å². The maximum Gasteiger partial charge on any atom is 0.191 e. The molecule has 1 fully saturated rings. The first-order valence-electron chi connectivity index (χ1n) is 9.35. The Hall–Kier alpha value is -0.900. The van der Waals surface area contributed by atoms with Gasteiger partial charge in [0.15, 0.2) is 5.96 Å². The normalized spacial score (nSPS) is 21.1. The van der Waals surface area contributed by atoms with Crippen molar-refractivity contribution in [2.75, 3.05) is 26.0 Å². The fraction of sp³-hybridized carbons (Fsp3) is 0.632. The number of aliphatic imine (C=N–C) groups is 1. The van der Waals surface area contributed by atoms with Crippen LogP contribution >= 0.6 is 24.0 Å². The molecule has 1 saturated carbocycles. The molecule has 0 aliphatic heterocycles. The minimum atomic E-state index is -0.719. The van der Waals surface area contributed by atoms with Crippen molar-refractivity contribution in [1.29, 1.82) is 0 Å². The van der Waals surface area contributed by atoms with E-state index in [1.54, 1.807) is 19.2 Å². The molecule has 0 radical (unpaired) electrons. The monoisotopic (exact) mass is 511 g/mol. The highest BCUT2D eigenvalue weighted by Gasteiger charge is 2.25. The molecule has 8 heteroatoms. The third-order valence-electron chi connectivity index (χ3n) is 4.54. The minimum absolute atomic E-state index is 0. The Labute approximate surface area is 181 Å². The van der Waals surface area contributed by atoms with Crippen molar-refractivity contribution in [3.8, 4) is 5.75 Å². The van der Waals surface area contributed by atoms with E-state index in [2.05, 4.69) is 15.6 Å². The highest BCUT2D eigenvalue weighted by Crippen LogP contribution is 2.22. The first-order chi connectivity index (χ1) is 12.6. The van der Waals surface area contributed by atoms with Gasteiger partial charge in [0.25, 0.3) is 0 Å². The zero-order valence-corrected chi connectivity index (χ0v) is 19.2. The SMILES string of the molecule is CCS(=O)C1CCCC(NC(=NC)NCCCOc2ccc(F)cc2)C1.I. The molecule has 3 unspecified atom stereocenters. The zero-order chi connectivity index (χ0) is 18.8. The number of rotatable bonds is 8. The van der Waals surface area contributed by atoms with Crippen LogP contribution in [0.4, 0.5) is 4.39 Å². The van der Waals surface area contributed by atoms with Gasteiger partial charge in [-0.15, -0.1) is 24.0 Å². The zero-order valence-electron chi connectivity index (χ0n) is 16.1. The molecule has 0 spiro atoms. The number of guanidine groups is 1. The number of nitrogens with zero attached hydrogens (tertiary/aromatic N) is 1. The topological polar surface area (TPSA) is 62.7 Å². The van der Waals surface area contributed by atoms with Crippen molar-refractivity contribution in [3.63, 3.8) is 0 Å². The lowest BCUT2D eigenvalue weighted by Crippen LogP contribution is -2.47. The van der Waals surface area contributed by atoms with E-state index >= 15 is 0 Å². The molecule has 0 aromatic heterocycles. The molecule has 2 rings (SSSR count). The van der Waals surface area contributed by atoms with E-state index in [-0.39, 0.29) is 29.8 Å². The van der Waals surface area contributed by atoms with Gasteiger partial charge in [-0.3, -0.25) is 9.20 Å². The van der Waals surface area contributed by atoms with Crippen LogP contribution in [0.3, 0.4) is 0 Å². The van der Waals surface area contributed by atoms with Crippen molar-refractivity contribution in [3.05, 3.63) is 30.1 Å². The Morgan fingerprint density at radius 3 is 2.74 bits per heavy atom. The Kier molecular flexibility index (Phi) is 11.9. The average molecular weight is 511 g/mol. The van der Waals surface area contributed by atoms with Gasteiger partial charge in [0.2, 0.25) is 0 Å². The fourth-order valence-corrected chi connectivity index (χ4v) is 4.49. The summed E-state index contributed by atoms with van der Waals surface area (Å²) in [5.41, 5.74) is 0. The predicted octanol–water partition coefficient (Wildman–Crippen LogP) is 3.46. The Morgan fingerprint density at radius 2 is 2.07 bits per heavy atom. The van der Waals surface area contributed by atoms with E-state index in [0.29, 0.717) is 23.6 Å². The van der Waals surface area contributed by atoms with E-state index in [4.69, 9.17) is 4.74 Å². The van der Waals surface area contributed by atoms with Crippen LogP contribution < -0.4 is 15.4 Å². The van der Waals surface area contributed by atoms with Crippen LogP contribution in [-0.2, 0) is 10.8 Å². The average Bonchev–Trinajstić information content (AvgIpc) is 2.67. The largest absolute Gasteiger partial charge is 0.494 e. The van der Waals surface area contributed by atoms with Crippen LogP contribution in [0.1, 0.15) is 39.0 Å². The molecular formula is C19H31FIN3O2S. The van der Waals surface area contributed by atoms with Crippen molar-refractivity contribution in [2.45, 2.75) is 50.3 Å². The molecule has 1 aromatic carbocycles. The summed E-state index contributed by atoms with van der Waals surface area (Å²) in [6.07, 6.45) is 5.01. The third kappa shape index (κ3) is 8.76. The fourth-order valence-electron chi connectivity index (χ4n) is 3.14. The van der Waals surface area contributed by atoms with Crippen molar-refractivity contribution in [2.24, 2.45) is 4.99 Å². The molecule has 0 heterocycles. The van der Waals surface area contributed by atoms with E-state index in [0.717, 1.165) is 50.4 Å². The molecule has 3 atom stereocenters. The second kappa shape index (κ2) is 13.3. The summed E-state index contributed by atoms with van der Waals surface area (Å²) in [6, 6.07) is 6.36. The quantitative estimate of drug-likeness (QED) is 0.243. The van der Waals surface area contributed by atoms with Gasteiger partial charge in [-0.25, -0.2) is 4.39 Å². The summed E-state index contributed by atoms with van der Waals surface area (Å²) in [5.74, 6) is 1.92. The van der Waals surface area contributed by atoms with Crippen molar-refractivity contribution < 1.29 is 13.3 Å². The summed E-state index contributed by atoms with van der Waals surface area (Å²) in [7, 11) is 1.04. The minimum Gasteiger partial charge on any atom is -0.494 e. The third-order valence-corrected chi connectivity index (χ3v) is 6.28. The van der Waals surface area contributed by atoms with Gasteiger partial charge in [0.1, 0.15) is 11.6 Å². The molecular weight excluding hydrogens is 480 g/mol. The van der Waals surface area contributed by atoms with Crippen molar-refractivity contribution >= 4 is 40.7 Å². The second-order valence-corrected chi connectivity index (χ2v) is 8.46. The van der Waals surface area contributed by atoms with Gasteiger partial charge in [-0.1, -0.05) is 13.3 Å². The van der Waals surface area contributed by atoms with Gasteiger partial charge < -0.3 is 15.4 Å². The maximum absolute atomic E-state index is 12.8. The van der Waals surface area contributed by atoms with Crippen LogP contribution in [0.15, 0.2) is 29.3 Å². The van der Waals surface area contributed by atoms with Crippen molar-refractivity contribution in [1.82, 2.24) is 10.6 Å². The number of halogens is 2. The summed E-state index contributed by atoms with van der Waals surface area (Å²) in [4.78, 5) is 4.27. The molecule has 1 aliphatic rings. The highest BCUT2D eigenvalue weighted by atomic mass is 127. The lowest BCUT2D eigenvalue weighted by Gasteiger charge is -2.30. The predicted molar refractivity (Wildman–Crippen MR) is 121 cm³/mol. The summed E-state index contributed by atoms with van der Waals surface area (Å²) >= 11 is 0. The first kappa shape index (κ1) is 24.1. The Bertz CT molecular complexity index is 601. The molecule has 0 saturated heterocycles. The number of nitrogens with one attached hydrogen (secondary N) is 2. The smallest absolute Gasteiger partial charge is 0.191 e. The standard InChI is InChI=1S/C19H30FN3O2S.HI/c1-3-26(24)18-7-4-6-16(14-18)23-19(21-2)22-12-5-13-25-17-10-8-15(20)9-11-17;/h8-11,16,18H,3-7,12-14H2,1-2H3,(H2,21,22,23);1H. The van der Waals surface area contributed by atoms with E-state index < -0.39 is 10.8 Å². The number of benzene rings is 1. The molecule has 1 aliphatic carbocycles. The van der Waals surface area contributed by atoms with E-state index in [9.17, 15) is 8.60 Å². The van der Waals surface area contributed by atoms with E-state index in [1.807, 2.05) is 6.92 Å². The molecule has 5 nitrogen and oxygen atoms in total. The summed E-state index contributed by atoms with van der Waals surface area (Å²) < 4.78 is 30.5. The molecule has 27 heavy (non-hydrogen) atoms. The number of ether oxygens (including phenoxy) is 1. The summed E-state index contributed by atoms with van der Waals surface area (Å²) in [5, 5.41) is 7.04. The molecule has 0 bridgehead atoms. The molecule has 0 amide bonds. The molecule has 1 aromatic rings. The summed E-state index contributed by atoms with van der Waals surface area (Å²) in [6.45, 7) is 3.27. The van der Waals surface area contributed by atoms with Crippen LogP contribution in [0.2, 0.25) is 0 Å². The van der Waals surface area contributed by atoms with Gasteiger partial charge in [0, 0.05) is 41.4 Å². The lowest BCUT2D eigenvalue weighted by molar-refractivity contribution is 0.310. The second-order valence-electron chi connectivity index (χ2n) is 6.45. The van der Waals surface area contributed by atoms with Crippen LogP contribution in [-0.4, -0.2) is 47.4 Å². The molecule has 154 valence electrons. The van der Waals surface area contributed by atoms with Gasteiger partial charge in [0.05, 0.1) is 6.61 Å². The van der Waals surface area contributed by atoms with Gasteiger partial charge in [-0.2, -0.15) is 0 Å². The maximum atomic E-state index is 12.8. The van der Waals surface area contributed by atoms with Crippen LogP contribution in [0.5, 0.6) is 5.75 Å². The van der Waals surface area contributed by atoms with Gasteiger partial charge >= 0.3 is 0 Å². The lowest BCUT2D eigenvalue weighted by atomic mass is 9.95. The number of hydrogen-bond acceptors (Lipinski definition) is 3.